The fourth-order valence-electron chi connectivity index (χ4n) is 7.00. The van der Waals surface area contributed by atoms with Gasteiger partial charge < -0.3 is 24.5 Å². The number of amides is 3. The first kappa shape index (κ1) is 29.4. The zero-order chi connectivity index (χ0) is 27.7. The molecule has 8 nitrogen and oxygen atoms in total. The Morgan fingerprint density at radius 3 is 2.41 bits per heavy atom. The Labute approximate surface area is 222 Å². The van der Waals surface area contributed by atoms with E-state index in [1.54, 1.807) is 33.9 Å². The average Bonchev–Trinajstić information content (AvgIpc) is 3.35. The molecule has 37 heavy (non-hydrogen) atoms. The highest BCUT2D eigenvalue weighted by molar-refractivity contribution is 5.99. The molecule has 208 valence electrons. The molecule has 0 aromatic rings. The molecule has 3 saturated heterocycles. The minimum atomic E-state index is -1.12. The molecule has 8 heteroatoms. The van der Waals surface area contributed by atoms with Crippen molar-refractivity contribution in [3.05, 3.63) is 25.3 Å². The normalized spacial score (nSPS) is 33.0. The van der Waals surface area contributed by atoms with Gasteiger partial charge in [0.2, 0.25) is 17.7 Å². The highest BCUT2D eigenvalue weighted by atomic mass is 16.5. The van der Waals surface area contributed by atoms with Crippen LogP contribution in [0.5, 0.6) is 0 Å². The summed E-state index contributed by atoms with van der Waals surface area (Å²) in [5.74, 6) is -2.23. The molecule has 0 saturated carbocycles. The Morgan fingerprint density at radius 1 is 1.22 bits per heavy atom. The van der Waals surface area contributed by atoms with Gasteiger partial charge in [0.25, 0.3) is 0 Å². The topological polar surface area (TPSA) is 90.4 Å². The first-order chi connectivity index (χ1) is 17.5. The van der Waals surface area contributed by atoms with E-state index in [0.29, 0.717) is 26.1 Å². The molecule has 0 radical (unpaired) electrons. The van der Waals surface area contributed by atoms with Crippen molar-refractivity contribution < 1.29 is 24.2 Å². The van der Waals surface area contributed by atoms with Gasteiger partial charge in [-0.3, -0.25) is 14.4 Å². The highest BCUT2D eigenvalue weighted by Gasteiger charge is 2.80. The maximum atomic E-state index is 14.4. The Kier molecular flexibility index (Phi) is 8.95. The molecule has 3 unspecified atom stereocenters. The van der Waals surface area contributed by atoms with Crippen molar-refractivity contribution in [2.75, 3.05) is 33.3 Å². The second kappa shape index (κ2) is 11.3. The Morgan fingerprint density at radius 2 is 1.86 bits per heavy atom. The molecule has 0 aliphatic carbocycles. The van der Waals surface area contributed by atoms with Crippen molar-refractivity contribution in [2.24, 2.45) is 23.7 Å². The molecule has 3 aliphatic rings. The summed E-state index contributed by atoms with van der Waals surface area (Å²) in [4.78, 5) is 47.5. The lowest BCUT2D eigenvalue weighted by Gasteiger charge is -2.40. The number of hydrogen-bond acceptors (Lipinski definition) is 5. The molecular formula is C29H47N3O5. The van der Waals surface area contributed by atoms with Gasteiger partial charge in [0, 0.05) is 26.7 Å². The summed E-state index contributed by atoms with van der Waals surface area (Å²) in [5.41, 5.74) is -1.99. The van der Waals surface area contributed by atoms with Crippen LogP contribution in [0.4, 0.5) is 0 Å². The van der Waals surface area contributed by atoms with Gasteiger partial charge in [0.05, 0.1) is 30.1 Å². The van der Waals surface area contributed by atoms with Crippen LogP contribution in [0.15, 0.2) is 25.3 Å². The predicted molar refractivity (Wildman–Crippen MR) is 143 cm³/mol. The van der Waals surface area contributed by atoms with Crippen LogP contribution in [0.3, 0.4) is 0 Å². The van der Waals surface area contributed by atoms with Crippen LogP contribution >= 0.6 is 0 Å². The fourth-order valence-corrected chi connectivity index (χ4v) is 7.00. The Bertz CT molecular complexity index is 906. The van der Waals surface area contributed by atoms with E-state index >= 15 is 0 Å². The molecule has 3 amide bonds. The maximum Gasteiger partial charge on any atom is 0.248 e. The number of likely N-dealkylation sites (tertiary alicyclic amines) is 1. The summed E-state index contributed by atoms with van der Waals surface area (Å²) < 4.78 is 6.82. The number of carbonyl (C=O) groups is 3. The Hall–Kier alpha value is -2.19. The quantitative estimate of drug-likeness (QED) is 0.300. The maximum absolute atomic E-state index is 14.4. The minimum Gasteiger partial charge on any atom is -0.394 e. The summed E-state index contributed by atoms with van der Waals surface area (Å²) in [7, 11) is 1.71. The van der Waals surface area contributed by atoms with E-state index in [2.05, 4.69) is 20.1 Å². The molecule has 1 N–H and O–H groups in total. The number of aliphatic hydroxyl groups excluding tert-OH is 1. The van der Waals surface area contributed by atoms with Crippen LogP contribution in [-0.4, -0.2) is 94.1 Å². The first-order valence-electron chi connectivity index (χ1n) is 13.8. The van der Waals surface area contributed by atoms with Crippen LogP contribution in [0, 0.1) is 23.7 Å². The first-order valence-corrected chi connectivity index (χ1v) is 13.8. The zero-order valence-corrected chi connectivity index (χ0v) is 23.6. The summed E-state index contributed by atoms with van der Waals surface area (Å²) >= 11 is 0. The van der Waals surface area contributed by atoms with Crippen molar-refractivity contribution in [3.63, 3.8) is 0 Å². The number of aliphatic hydroxyl groups is 1. The van der Waals surface area contributed by atoms with Crippen molar-refractivity contribution in [1.29, 1.82) is 0 Å². The second-order valence-electron chi connectivity index (χ2n) is 11.7. The van der Waals surface area contributed by atoms with Crippen LogP contribution in [0.25, 0.3) is 0 Å². The number of ether oxygens (including phenoxy) is 1. The van der Waals surface area contributed by atoms with Crippen molar-refractivity contribution in [3.8, 4) is 0 Å². The van der Waals surface area contributed by atoms with Crippen LogP contribution in [-0.2, 0) is 19.1 Å². The second-order valence-corrected chi connectivity index (χ2v) is 11.7. The SMILES string of the molecule is C=CCN(C)C(=O)[C@@H]1[C@H]2C(=O)N([C@@H](CO)C(C)C)C(C(=O)N(CC=C)CCCCC)C23CC(C)[C@@]1(C)O3. The van der Waals surface area contributed by atoms with E-state index in [4.69, 9.17) is 4.74 Å². The highest BCUT2D eigenvalue weighted by Crippen LogP contribution is 2.65. The van der Waals surface area contributed by atoms with E-state index in [1.807, 2.05) is 27.7 Å². The number of carbonyl (C=O) groups excluding carboxylic acids is 3. The summed E-state index contributed by atoms with van der Waals surface area (Å²) in [6.45, 7) is 18.6. The summed E-state index contributed by atoms with van der Waals surface area (Å²) in [6, 6.07) is -1.46. The Balaban J connectivity index is 2.15. The number of unbranched alkanes of at least 4 members (excludes halogenated alkanes) is 2. The van der Waals surface area contributed by atoms with E-state index in [-0.39, 0.29) is 36.2 Å². The van der Waals surface area contributed by atoms with Gasteiger partial charge in [-0.2, -0.15) is 0 Å². The zero-order valence-electron chi connectivity index (χ0n) is 23.6. The molecule has 3 heterocycles. The van der Waals surface area contributed by atoms with E-state index < -0.39 is 35.1 Å². The lowest BCUT2D eigenvalue weighted by molar-refractivity contribution is -0.158. The number of hydrogen-bond donors (Lipinski definition) is 1. The van der Waals surface area contributed by atoms with Crippen molar-refractivity contribution in [2.45, 2.75) is 83.6 Å². The van der Waals surface area contributed by atoms with Gasteiger partial charge in [-0.05, 0) is 31.6 Å². The largest absolute Gasteiger partial charge is 0.394 e. The van der Waals surface area contributed by atoms with Gasteiger partial charge in [0.1, 0.15) is 11.6 Å². The van der Waals surface area contributed by atoms with Gasteiger partial charge in [-0.25, -0.2) is 0 Å². The number of likely N-dealkylation sites (N-methyl/N-ethyl adjacent to an activating group) is 1. The van der Waals surface area contributed by atoms with Crippen molar-refractivity contribution >= 4 is 17.7 Å². The average molecular weight is 518 g/mol. The van der Waals surface area contributed by atoms with Crippen molar-refractivity contribution in [1.82, 2.24) is 14.7 Å². The molecule has 0 aromatic carbocycles. The molecule has 0 aromatic heterocycles. The smallest absolute Gasteiger partial charge is 0.248 e. The summed E-state index contributed by atoms with van der Waals surface area (Å²) in [6.07, 6.45) is 6.74. The van der Waals surface area contributed by atoms with Gasteiger partial charge >= 0.3 is 0 Å². The van der Waals surface area contributed by atoms with E-state index in [0.717, 1.165) is 19.3 Å². The van der Waals surface area contributed by atoms with Gasteiger partial charge in [-0.1, -0.05) is 52.7 Å². The summed E-state index contributed by atoms with van der Waals surface area (Å²) in [5, 5.41) is 10.4. The van der Waals surface area contributed by atoms with Crippen LogP contribution in [0.2, 0.25) is 0 Å². The third-order valence-electron chi connectivity index (χ3n) is 9.04. The lowest BCUT2D eigenvalue weighted by atomic mass is 9.62. The minimum absolute atomic E-state index is 0.0301. The standard InChI is InChI=1S/C29H47N3O5/c1-9-12-13-16-31(15-11-3)27(36)24-29-17-20(6)28(7,37-29)22(25(34)30(8)14-10-2)23(29)26(35)32(24)21(18-33)19(4)5/h10-11,19-24,33H,2-3,9,12-18H2,1,4-8H3/t20?,21-,22-,23-,24?,28+,29?/m0/s1. The molecule has 2 bridgehead atoms. The van der Waals surface area contributed by atoms with Crippen LogP contribution < -0.4 is 0 Å². The number of rotatable bonds is 13. The molecule has 1 spiro atoms. The van der Waals surface area contributed by atoms with Gasteiger partial charge in [-0.15, -0.1) is 13.2 Å². The predicted octanol–water partition coefficient (Wildman–Crippen LogP) is 2.86. The molecule has 7 atom stereocenters. The number of nitrogens with zero attached hydrogens (tertiary/aromatic N) is 3. The van der Waals surface area contributed by atoms with E-state index in [1.165, 1.54) is 0 Å². The third kappa shape index (κ3) is 4.65. The molecule has 3 aliphatic heterocycles. The third-order valence-corrected chi connectivity index (χ3v) is 9.04. The monoisotopic (exact) mass is 517 g/mol. The van der Waals surface area contributed by atoms with Gasteiger partial charge in [0.15, 0.2) is 0 Å². The number of fused-ring (bicyclic) bond motifs is 1. The lowest BCUT2D eigenvalue weighted by Crippen LogP contribution is -2.60. The molecular weight excluding hydrogens is 470 g/mol. The van der Waals surface area contributed by atoms with Crippen LogP contribution in [0.1, 0.15) is 60.3 Å². The molecule has 3 rings (SSSR count). The van der Waals surface area contributed by atoms with E-state index in [9.17, 15) is 19.5 Å². The molecule has 3 fully saturated rings. The fraction of sp³-hybridized carbons (Fsp3) is 0.759.